The number of likely N-dealkylation sites (tertiary alicyclic amines) is 1. The molecule has 0 spiro atoms. The maximum Gasteiger partial charge on any atom is 0.0900 e. The second kappa shape index (κ2) is 7.96. The van der Waals surface area contributed by atoms with Crippen molar-refractivity contribution < 1.29 is 14.9 Å². The molecule has 0 saturated carbocycles. The Bertz CT molecular complexity index is 416. The van der Waals surface area contributed by atoms with E-state index >= 15 is 0 Å². The minimum absolute atomic E-state index is 0.232. The zero-order chi connectivity index (χ0) is 14.4. The molecule has 2 atom stereocenters. The fourth-order valence-electron chi connectivity index (χ4n) is 2.50. The molecule has 1 heterocycles. The third-order valence-corrected chi connectivity index (χ3v) is 3.99. The van der Waals surface area contributed by atoms with Crippen molar-refractivity contribution in [3.8, 4) is 0 Å². The number of halogens is 1. The van der Waals surface area contributed by atoms with E-state index in [1.54, 1.807) is 0 Å². The van der Waals surface area contributed by atoms with Crippen molar-refractivity contribution in [3.05, 3.63) is 34.9 Å². The SMILES string of the molecule is OCC1CCN(CC(O)COCc2ccccc2Cl)C1. The maximum atomic E-state index is 9.95. The van der Waals surface area contributed by atoms with Gasteiger partial charge in [0.1, 0.15) is 0 Å². The maximum absolute atomic E-state index is 9.95. The average Bonchev–Trinajstić information content (AvgIpc) is 2.88. The van der Waals surface area contributed by atoms with E-state index in [1.165, 1.54) is 0 Å². The number of rotatable bonds is 7. The number of hydrogen-bond acceptors (Lipinski definition) is 4. The molecule has 0 aromatic heterocycles. The molecule has 2 rings (SSSR count). The molecule has 2 N–H and O–H groups in total. The molecule has 0 radical (unpaired) electrons. The third-order valence-electron chi connectivity index (χ3n) is 3.62. The quantitative estimate of drug-likeness (QED) is 0.802. The molecule has 1 saturated heterocycles. The van der Waals surface area contributed by atoms with Crippen LogP contribution in [0.1, 0.15) is 12.0 Å². The number of aliphatic hydroxyl groups excluding tert-OH is 2. The summed E-state index contributed by atoms with van der Waals surface area (Å²) < 4.78 is 5.52. The fraction of sp³-hybridized carbons (Fsp3) is 0.600. The van der Waals surface area contributed by atoms with Gasteiger partial charge in [-0.2, -0.15) is 0 Å². The fourth-order valence-corrected chi connectivity index (χ4v) is 2.69. The lowest BCUT2D eigenvalue weighted by Gasteiger charge is -2.20. The first-order chi connectivity index (χ1) is 9.69. The highest BCUT2D eigenvalue weighted by atomic mass is 35.5. The Morgan fingerprint density at radius 1 is 1.40 bits per heavy atom. The molecule has 5 heteroatoms. The number of aliphatic hydroxyl groups is 2. The van der Waals surface area contributed by atoms with Gasteiger partial charge in [0.05, 0.1) is 19.3 Å². The largest absolute Gasteiger partial charge is 0.396 e. The van der Waals surface area contributed by atoms with Crippen LogP contribution in [-0.4, -0.2) is 54.1 Å². The molecule has 0 aliphatic carbocycles. The first-order valence-electron chi connectivity index (χ1n) is 7.01. The van der Waals surface area contributed by atoms with Crippen molar-refractivity contribution in [3.63, 3.8) is 0 Å². The summed E-state index contributed by atoms with van der Waals surface area (Å²) in [5.74, 6) is 0.353. The van der Waals surface area contributed by atoms with E-state index in [1.807, 2.05) is 24.3 Å². The Balaban J connectivity index is 1.66. The van der Waals surface area contributed by atoms with Gasteiger partial charge in [-0.15, -0.1) is 0 Å². The first kappa shape index (κ1) is 15.7. The van der Waals surface area contributed by atoms with Gasteiger partial charge >= 0.3 is 0 Å². The Morgan fingerprint density at radius 3 is 2.90 bits per heavy atom. The number of hydrogen-bond donors (Lipinski definition) is 2. The average molecular weight is 300 g/mol. The van der Waals surface area contributed by atoms with Crippen LogP contribution in [0.3, 0.4) is 0 Å². The van der Waals surface area contributed by atoms with Gasteiger partial charge in [-0.3, -0.25) is 0 Å². The second-order valence-corrected chi connectivity index (χ2v) is 5.76. The summed E-state index contributed by atoms with van der Waals surface area (Å²) in [4.78, 5) is 2.17. The van der Waals surface area contributed by atoms with Gasteiger partial charge in [0.2, 0.25) is 0 Å². The Morgan fingerprint density at radius 2 is 2.20 bits per heavy atom. The number of benzene rings is 1. The van der Waals surface area contributed by atoms with Crippen LogP contribution < -0.4 is 0 Å². The monoisotopic (exact) mass is 299 g/mol. The highest BCUT2D eigenvalue weighted by molar-refractivity contribution is 6.31. The van der Waals surface area contributed by atoms with Crippen molar-refractivity contribution in [2.45, 2.75) is 19.1 Å². The summed E-state index contributed by atoms with van der Waals surface area (Å²) in [5.41, 5.74) is 0.933. The lowest BCUT2D eigenvalue weighted by atomic mass is 10.1. The number of ether oxygens (including phenoxy) is 1. The summed E-state index contributed by atoms with van der Waals surface area (Å²) in [7, 11) is 0. The molecular formula is C15H22ClNO3. The molecule has 2 unspecified atom stereocenters. The molecule has 1 aromatic rings. The number of β-amino-alcohol motifs (C(OH)–C–C–N with tert-alkyl or cyclic N) is 1. The van der Waals surface area contributed by atoms with Gasteiger partial charge in [0.15, 0.2) is 0 Å². The molecule has 112 valence electrons. The van der Waals surface area contributed by atoms with E-state index in [4.69, 9.17) is 21.4 Å². The molecule has 20 heavy (non-hydrogen) atoms. The third kappa shape index (κ3) is 4.72. The van der Waals surface area contributed by atoms with Crippen LogP contribution in [0.25, 0.3) is 0 Å². The zero-order valence-corrected chi connectivity index (χ0v) is 12.3. The molecule has 0 amide bonds. The Labute approximate surface area is 124 Å². The highest BCUT2D eigenvalue weighted by Crippen LogP contribution is 2.17. The van der Waals surface area contributed by atoms with Gasteiger partial charge in [0, 0.05) is 24.7 Å². The van der Waals surface area contributed by atoms with Crippen molar-refractivity contribution in [1.82, 2.24) is 4.90 Å². The molecule has 4 nitrogen and oxygen atoms in total. The predicted octanol–water partition coefficient (Wildman–Crippen LogP) is 1.53. The molecule has 1 aliphatic rings. The zero-order valence-electron chi connectivity index (χ0n) is 11.5. The van der Waals surface area contributed by atoms with E-state index < -0.39 is 6.10 Å². The summed E-state index contributed by atoms with van der Waals surface area (Å²) >= 11 is 6.03. The van der Waals surface area contributed by atoms with Crippen molar-refractivity contribution in [2.24, 2.45) is 5.92 Å². The highest BCUT2D eigenvalue weighted by Gasteiger charge is 2.23. The lowest BCUT2D eigenvalue weighted by molar-refractivity contribution is 0.0126. The van der Waals surface area contributed by atoms with E-state index in [-0.39, 0.29) is 6.61 Å². The second-order valence-electron chi connectivity index (χ2n) is 5.36. The minimum atomic E-state index is -0.505. The smallest absolute Gasteiger partial charge is 0.0900 e. The van der Waals surface area contributed by atoms with Crippen LogP contribution >= 0.6 is 11.6 Å². The van der Waals surface area contributed by atoms with E-state index in [9.17, 15) is 5.11 Å². The van der Waals surface area contributed by atoms with E-state index in [0.717, 1.165) is 25.1 Å². The van der Waals surface area contributed by atoms with Gasteiger partial charge in [-0.05, 0) is 30.5 Å². The van der Waals surface area contributed by atoms with Gasteiger partial charge < -0.3 is 19.8 Å². The lowest BCUT2D eigenvalue weighted by Crippen LogP contribution is -2.33. The topological polar surface area (TPSA) is 52.9 Å². The van der Waals surface area contributed by atoms with Crippen LogP contribution in [0, 0.1) is 5.92 Å². The van der Waals surface area contributed by atoms with Gasteiger partial charge in [0.25, 0.3) is 0 Å². The van der Waals surface area contributed by atoms with Gasteiger partial charge in [-0.1, -0.05) is 29.8 Å². The predicted molar refractivity (Wildman–Crippen MR) is 78.7 cm³/mol. The van der Waals surface area contributed by atoms with Crippen LogP contribution in [0.4, 0.5) is 0 Å². The number of nitrogens with zero attached hydrogens (tertiary/aromatic N) is 1. The summed E-state index contributed by atoms with van der Waals surface area (Å²) in [6, 6.07) is 7.54. The Kier molecular flexibility index (Phi) is 6.26. The molecule has 1 aliphatic heterocycles. The van der Waals surface area contributed by atoms with Crippen LogP contribution in [0.15, 0.2) is 24.3 Å². The standard InChI is InChI=1S/C15H22ClNO3/c16-15-4-2-1-3-13(15)10-20-11-14(19)8-17-6-5-12(7-17)9-18/h1-4,12,14,18-19H,5-11H2. The summed E-state index contributed by atoms with van der Waals surface area (Å²) in [6.07, 6.45) is 0.499. The van der Waals surface area contributed by atoms with Crippen LogP contribution in [0.2, 0.25) is 5.02 Å². The Hall–Kier alpha value is -0.650. The summed E-state index contributed by atoms with van der Waals surface area (Å²) in [6.45, 7) is 3.33. The molecule has 1 aromatic carbocycles. The minimum Gasteiger partial charge on any atom is -0.396 e. The molecule has 0 bridgehead atoms. The van der Waals surface area contributed by atoms with E-state index in [0.29, 0.717) is 30.7 Å². The van der Waals surface area contributed by atoms with Crippen molar-refractivity contribution in [1.29, 1.82) is 0 Å². The molecule has 1 fully saturated rings. The van der Waals surface area contributed by atoms with Crippen molar-refractivity contribution in [2.75, 3.05) is 32.8 Å². The summed E-state index contributed by atoms with van der Waals surface area (Å²) in [5, 5.41) is 19.7. The normalized spacial score (nSPS) is 21.2. The van der Waals surface area contributed by atoms with E-state index in [2.05, 4.69) is 4.90 Å². The van der Waals surface area contributed by atoms with Crippen LogP contribution in [0.5, 0.6) is 0 Å². The van der Waals surface area contributed by atoms with Gasteiger partial charge in [-0.25, -0.2) is 0 Å². The molecular weight excluding hydrogens is 278 g/mol. The van der Waals surface area contributed by atoms with Crippen LogP contribution in [-0.2, 0) is 11.3 Å². The first-order valence-corrected chi connectivity index (χ1v) is 7.39. The van der Waals surface area contributed by atoms with Crippen molar-refractivity contribution >= 4 is 11.6 Å².